The van der Waals surface area contributed by atoms with Gasteiger partial charge in [0.25, 0.3) is 0 Å². The Morgan fingerprint density at radius 1 is 1.50 bits per heavy atom. The fourth-order valence-corrected chi connectivity index (χ4v) is 0.951. The fraction of sp³-hybridized carbons (Fsp3) is 0.556. The van der Waals surface area contributed by atoms with Crippen molar-refractivity contribution < 1.29 is 23.1 Å². The lowest BCUT2D eigenvalue weighted by atomic mass is 10.5. The molecule has 7 heteroatoms. The zero-order valence-corrected chi connectivity index (χ0v) is 9.17. The molecule has 0 aromatic carbocycles. The Morgan fingerprint density at radius 2 is 2.00 bits per heavy atom. The Bertz CT molecular complexity index is 358. The second kappa shape index (κ2) is 5.53. The lowest BCUT2D eigenvalue weighted by Crippen LogP contribution is -2.09. The molecule has 1 N–H and O–H groups in total. The zero-order chi connectivity index (χ0) is 12.9. The van der Waals surface area contributed by atoms with Gasteiger partial charge in [-0.1, -0.05) is 13.8 Å². The Balaban J connectivity index is 0.00000106. The fourth-order valence-electron chi connectivity index (χ4n) is 0.951. The maximum atomic E-state index is 12.1. The molecule has 0 saturated carbocycles. The van der Waals surface area contributed by atoms with E-state index in [0.717, 1.165) is 4.57 Å². The Hall–Kier alpha value is -1.53. The smallest absolute Gasteiger partial charge is 0.434 e. The van der Waals surface area contributed by atoms with Gasteiger partial charge < -0.3 is 9.67 Å². The highest BCUT2D eigenvalue weighted by molar-refractivity contribution is 5.66. The monoisotopic (exact) mass is 238 g/mol. The van der Waals surface area contributed by atoms with Crippen molar-refractivity contribution in [3.05, 3.63) is 17.7 Å². The number of imidazole rings is 1. The van der Waals surface area contributed by atoms with E-state index in [1.807, 2.05) is 13.8 Å². The van der Waals surface area contributed by atoms with Gasteiger partial charge in [0.1, 0.15) is 12.4 Å². The molecule has 0 unspecified atom stereocenters. The quantitative estimate of drug-likeness (QED) is 0.860. The molecule has 0 atom stereocenters. The first-order valence-electron chi connectivity index (χ1n) is 4.63. The predicted molar refractivity (Wildman–Crippen MR) is 50.9 cm³/mol. The maximum Gasteiger partial charge on any atom is 0.434 e. The van der Waals surface area contributed by atoms with Gasteiger partial charge in [-0.2, -0.15) is 13.2 Å². The molecule has 0 radical (unpaired) electrons. The third kappa shape index (κ3) is 3.92. The van der Waals surface area contributed by atoms with Gasteiger partial charge in [-0.3, -0.25) is 4.79 Å². The average Bonchev–Trinajstić information content (AvgIpc) is 2.50. The summed E-state index contributed by atoms with van der Waals surface area (Å²) in [4.78, 5) is 13.5. The number of carboxylic acids is 1. The number of alkyl halides is 3. The van der Waals surface area contributed by atoms with Crippen molar-refractivity contribution >= 4 is 5.97 Å². The lowest BCUT2D eigenvalue weighted by molar-refractivity contribution is -0.141. The number of carboxylic acid groups (broad SMARTS) is 1. The van der Waals surface area contributed by atoms with Gasteiger partial charge in [0, 0.05) is 6.20 Å². The number of hydrogen-bond donors (Lipinski definition) is 1. The van der Waals surface area contributed by atoms with Crippen molar-refractivity contribution in [2.24, 2.45) is 0 Å². The highest BCUT2D eigenvalue weighted by Crippen LogP contribution is 2.28. The minimum Gasteiger partial charge on any atom is -0.480 e. The zero-order valence-electron chi connectivity index (χ0n) is 9.17. The van der Waals surface area contributed by atoms with Gasteiger partial charge in [-0.25, -0.2) is 4.98 Å². The molecule has 0 aliphatic rings. The predicted octanol–water partition coefficient (Wildman–Crippen LogP) is 2.32. The average molecular weight is 238 g/mol. The number of rotatable bonds is 2. The molecule has 4 nitrogen and oxygen atoms in total. The molecule has 0 saturated heterocycles. The topological polar surface area (TPSA) is 55.1 Å². The second-order valence-electron chi connectivity index (χ2n) is 2.69. The lowest BCUT2D eigenvalue weighted by Gasteiger charge is -1.99. The first-order valence-corrected chi connectivity index (χ1v) is 4.63. The van der Waals surface area contributed by atoms with Gasteiger partial charge in [0.05, 0.1) is 0 Å². The Kier molecular flexibility index (Phi) is 5.00. The molecule has 0 amide bonds. The van der Waals surface area contributed by atoms with Crippen LogP contribution in [0.2, 0.25) is 0 Å². The SMILES string of the molecule is CC.Cc1nc(C(F)(F)F)cn1CC(=O)O. The van der Waals surface area contributed by atoms with E-state index in [0.29, 0.717) is 6.20 Å². The van der Waals surface area contributed by atoms with Crippen LogP contribution in [-0.4, -0.2) is 20.6 Å². The maximum absolute atomic E-state index is 12.1. The summed E-state index contributed by atoms with van der Waals surface area (Å²) in [5, 5.41) is 8.37. The number of carbonyl (C=O) groups is 1. The van der Waals surface area contributed by atoms with E-state index in [2.05, 4.69) is 4.98 Å². The molecule has 16 heavy (non-hydrogen) atoms. The molecule has 0 spiro atoms. The number of aromatic nitrogens is 2. The number of hydrogen-bond acceptors (Lipinski definition) is 2. The molecule has 0 fully saturated rings. The van der Waals surface area contributed by atoms with Crippen LogP contribution >= 0.6 is 0 Å². The number of halogens is 3. The first-order chi connectivity index (χ1) is 7.30. The van der Waals surface area contributed by atoms with Crippen LogP contribution in [0.5, 0.6) is 0 Å². The van der Waals surface area contributed by atoms with Crippen LogP contribution < -0.4 is 0 Å². The molecular formula is C9H13F3N2O2. The molecule has 92 valence electrons. The molecule has 0 bridgehead atoms. The summed E-state index contributed by atoms with van der Waals surface area (Å²) < 4.78 is 37.2. The highest BCUT2D eigenvalue weighted by Gasteiger charge is 2.34. The van der Waals surface area contributed by atoms with Crippen LogP contribution in [0, 0.1) is 6.92 Å². The molecule has 1 heterocycles. The van der Waals surface area contributed by atoms with E-state index in [4.69, 9.17) is 5.11 Å². The van der Waals surface area contributed by atoms with Gasteiger partial charge >= 0.3 is 12.1 Å². The van der Waals surface area contributed by atoms with E-state index in [-0.39, 0.29) is 5.82 Å². The summed E-state index contributed by atoms with van der Waals surface area (Å²) in [6.45, 7) is 4.80. The molecule has 0 aliphatic heterocycles. The highest BCUT2D eigenvalue weighted by atomic mass is 19.4. The van der Waals surface area contributed by atoms with Crippen LogP contribution in [0.1, 0.15) is 25.4 Å². The van der Waals surface area contributed by atoms with Gasteiger partial charge in [0.15, 0.2) is 5.69 Å². The second-order valence-corrected chi connectivity index (χ2v) is 2.69. The third-order valence-electron chi connectivity index (χ3n) is 1.57. The number of nitrogens with zero attached hydrogens (tertiary/aromatic N) is 2. The van der Waals surface area contributed by atoms with Crippen LogP contribution in [0.3, 0.4) is 0 Å². The van der Waals surface area contributed by atoms with Crippen molar-refractivity contribution in [1.29, 1.82) is 0 Å². The summed E-state index contributed by atoms with van der Waals surface area (Å²) >= 11 is 0. The molecular weight excluding hydrogens is 225 g/mol. The molecule has 1 rings (SSSR count). The van der Waals surface area contributed by atoms with E-state index < -0.39 is 24.4 Å². The van der Waals surface area contributed by atoms with Crippen LogP contribution in [-0.2, 0) is 17.5 Å². The van der Waals surface area contributed by atoms with Crippen LogP contribution in [0.25, 0.3) is 0 Å². The normalized spacial score (nSPS) is 10.6. The number of aliphatic carboxylic acids is 1. The van der Waals surface area contributed by atoms with Gasteiger partial charge in [-0.05, 0) is 6.92 Å². The van der Waals surface area contributed by atoms with Crippen molar-refractivity contribution in [3.8, 4) is 0 Å². The van der Waals surface area contributed by atoms with Gasteiger partial charge in [0.2, 0.25) is 0 Å². The molecule has 1 aromatic heterocycles. The van der Waals surface area contributed by atoms with Crippen LogP contribution in [0.15, 0.2) is 6.20 Å². The van der Waals surface area contributed by atoms with E-state index in [1.165, 1.54) is 6.92 Å². The largest absolute Gasteiger partial charge is 0.480 e. The van der Waals surface area contributed by atoms with E-state index in [9.17, 15) is 18.0 Å². The van der Waals surface area contributed by atoms with E-state index >= 15 is 0 Å². The minimum atomic E-state index is -4.53. The molecule has 1 aromatic rings. The van der Waals surface area contributed by atoms with Gasteiger partial charge in [-0.15, -0.1) is 0 Å². The van der Waals surface area contributed by atoms with Crippen molar-refractivity contribution in [1.82, 2.24) is 9.55 Å². The summed E-state index contributed by atoms with van der Waals surface area (Å²) in [6, 6.07) is 0. The van der Waals surface area contributed by atoms with Crippen LogP contribution in [0.4, 0.5) is 13.2 Å². The number of aryl methyl sites for hydroxylation is 1. The summed E-state index contributed by atoms with van der Waals surface area (Å²) in [5.41, 5.74) is -1.07. The summed E-state index contributed by atoms with van der Waals surface area (Å²) in [7, 11) is 0. The first kappa shape index (κ1) is 14.5. The third-order valence-corrected chi connectivity index (χ3v) is 1.57. The molecule has 0 aliphatic carbocycles. The standard InChI is InChI=1S/C7H7F3N2O2.C2H6/c1-4-11-5(7(8,9)10)2-12(4)3-6(13)14;1-2/h2H,3H2,1H3,(H,13,14);1-2H3. The minimum absolute atomic E-state index is 0.0275. The Labute approximate surface area is 90.7 Å². The van der Waals surface area contributed by atoms with Crippen molar-refractivity contribution in [3.63, 3.8) is 0 Å². The van der Waals surface area contributed by atoms with Crippen molar-refractivity contribution in [2.45, 2.75) is 33.5 Å². The Morgan fingerprint density at radius 3 is 2.31 bits per heavy atom. The van der Waals surface area contributed by atoms with Crippen molar-refractivity contribution in [2.75, 3.05) is 0 Å². The summed E-state index contributed by atoms with van der Waals surface area (Å²) in [6.07, 6.45) is -3.85. The summed E-state index contributed by atoms with van der Waals surface area (Å²) in [5.74, 6) is -1.18. The van der Waals surface area contributed by atoms with E-state index in [1.54, 1.807) is 0 Å².